The van der Waals surface area contributed by atoms with Crippen LogP contribution in [0.4, 0.5) is 0 Å². The molecule has 0 aromatic carbocycles. The molecule has 6 heteroatoms. The van der Waals surface area contributed by atoms with Gasteiger partial charge in [0.1, 0.15) is 6.10 Å². The Balaban J connectivity index is 1.96. The summed E-state index contributed by atoms with van der Waals surface area (Å²) in [6.07, 6.45) is -1.19. The summed E-state index contributed by atoms with van der Waals surface area (Å²) in [4.78, 5) is 23.0. The van der Waals surface area contributed by atoms with Crippen molar-refractivity contribution in [3.8, 4) is 0 Å². The SMILES string of the molecule is C=C1CC[C@H]2C(=C)C(=O)O[C@@H]2[C@H]2[C@H](COC(C)=O)[C@@H](O)[C@H](O)[C@@H]12. The Labute approximate surface area is 134 Å². The molecule has 2 N–H and O–H groups in total. The molecular weight excluding hydrogens is 300 g/mol. The third-order valence-electron chi connectivity index (χ3n) is 5.52. The van der Waals surface area contributed by atoms with Gasteiger partial charge in [0.25, 0.3) is 0 Å². The van der Waals surface area contributed by atoms with E-state index in [1.54, 1.807) is 0 Å². The van der Waals surface area contributed by atoms with Gasteiger partial charge in [0.05, 0.1) is 18.8 Å². The lowest BCUT2D eigenvalue weighted by atomic mass is 9.78. The molecule has 2 aliphatic carbocycles. The molecule has 7 atom stereocenters. The average molecular weight is 322 g/mol. The standard InChI is InChI=1S/C17H22O6/c1-7-4-5-10-8(2)17(21)23-16(10)13-11(6-22-9(3)18)14(19)15(20)12(7)13/h10-16,19-20H,1-2,4-6H2,3H3/t10-,11-,12-,13-,14+,15+,16-/m0/s1. The molecule has 1 saturated heterocycles. The van der Waals surface area contributed by atoms with Gasteiger partial charge in [-0.15, -0.1) is 0 Å². The zero-order chi connectivity index (χ0) is 16.9. The molecule has 1 heterocycles. The second-order valence-corrected chi connectivity index (χ2v) is 6.75. The van der Waals surface area contributed by atoms with Crippen molar-refractivity contribution in [3.05, 3.63) is 24.3 Å². The van der Waals surface area contributed by atoms with E-state index >= 15 is 0 Å². The highest BCUT2D eigenvalue weighted by atomic mass is 16.6. The van der Waals surface area contributed by atoms with E-state index in [1.165, 1.54) is 6.92 Å². The van der Waals surface area contributed by atoms with Crippen molar-refractivity contribution < 1.29 is 29.3 Å². The van der Waals surface area contributed by atoms with Crippen LogP contribution < -0.4 is 0 Å². The molecule has 0 unspecified atom stereocenters. The first-order chi connectivity index (χ1) is 10.8. The molecule has 23 heavy (non-hydrogen) atoms. The summed E-state index contributed by atoms with van der Waals surface area (Å²) in [5.74, 6) is -2.23. The van der Waals surface area contributed by atoms with Crippen LogP contribution in [0.15, 0.2) is 24.3 Å². The number of aliphatic hydroxyl groups is 2. The van der Waals surface area contributed by atoms with Crippen LogP contribution in [-0.2, 0) is 19.1 Å². The second-order valence-electron chi connectivity index (χ2n) is 6.75. The summed E-state index contributed by atoms with van der Waals surface area (Å²) in [5.41, 5.74) is 1.27. The van der Waals surface area contributed by atoms with Crippen LogP contribution in [0.1, 0.15) is 19.8 Å². The number of aliphatic hydroxyl groups excluding tert-OH is 2. The van der Waals surface area contributed by atoms with Crippen LogP contribution in [-0.4, -0.2) is 47.1 Å². The van der Waals surface area contributed by atoms with Crippen molar-refractivity contribution in [1.29, 1.82) is 0 Å². The largest absolute Gasteiger partial charge is 0.465 e. The zero-order valence-electron chi connectivity index (χ0n) is 13.1. The summed E-state index contributed by atoms with van der Waals surface area (Å²) >= 11 is 0. The Morgan fingerprint density at radius 2 is 2.04 bits per heavy atom. The van der Waals surface area contributed by atoms with Crippen LogP contribution in [0.25, 0.3) is 0 Å². The van der Waals surface area contributed by atoms with Gasteiger partial charge in [-0.2, -0.15) is 0 Å². The van der Waals surface area contributed by atoms with E-state index in [1.807, 2.05) is 0 Å². The monoisotopic (exact) mass is 322 g/mol. The molecule has 0 bridgehead atoms. The zero-order valence-corrected chi connectivity index (χ0v) is 13.1. The summed E-state index contributed by atoms with van der Waals surface area (Å²) in [6, 6.07) is 0. The van der Waals surface area contributed by atoms with E-state index < -0.39 is 36.2 Å². The summed E-state index contributed by atoms with van der Waals surface area (Å²) in [7, 11) is 0. The molecule has 0 spiro atoms. The highest BCUT2D eigenvalue weighted by Crippen LogP contribution is 2.52. The normalized spacial score (nSPS) is 42.7. The Hall–Kier alpha value is -1.66. The molecule has 6 nitrogen and oxygen atoms in total. The molecule has 0 radical (unpaired) electrons. The lowest BCUT2D eigenvalue weighted by Crippen LogP contribution is -2.36. The maximum absolute atomic E-state index is 11.9. The molecule has 3 aliphatic rings. The number of fused-ring (bicyclic) bond motifs is 3. The Morgan fingerprint density at radius 1 is 1.35 bits per heavy atom. The van der Waals surface area contributed by atoms with Crippen molar-refractivity contribution in [3.63, 3.8) is 0 Å². The molecule has 126 valence electrons. The van der Waals surface area contributed by atoms with Gasteiger partial charge in [-0.3, -0.25) is 4.79 Å². The van der Waals surface area contributed by atoms with Gasteiger partial charge in [0.15, 0.2) is 0 Å². The molecule has 0 aromatic rings. The van der Waals surface area contributed by atoms with Crippen LogP contribution in [0, 0.1) is 23.7 Å². The minimum atomic E-state index is -1.05. The van der Waals surface area contributed by atoms with E-state index in [2.05, 4.69) is 13.2 Å². The van der Waals surface area contributed by atoms with E-state index in [-0.39, 0.29) is 24.4 Å². The van der Waals surface area contributed by atoms with Crippen LogP contribution >= 0.6 is 0 Å². The fourth-order valence-electron chi connectivity index (χ4n) is 4.40. The van der Waals surface area contributed by atoms with Gasteiger partial charge in [0, 0.05) is 36.2 Å². The Morgan fingerprint density at radius 3 is 2.70 bits per heavy atom. The number of hydrogen-bond acceptors (Lipinski definition) is 6. The molecule has 0 aromatic heterocycles. The number of esters is 2. The molecular formula is C17H22O6. The first-order valence-electron chi connectivity index (χ1n) is 7.90. The van der Waals surface area contributed by atoms with Gasteiger partial charge in [-0.05, 0) is 12.8 Å². The number of carbonyl (C=O) groups excluding carboxylic acids is 2. The number of rotatable bonds is 2. The second kappa shape index (κ2) is 5.76. The topological polar surface area (TPSA) is 93.1 Å². The van der Waals surface area contributed by atoms with Gasteiger partial charge >= 0.3 is 11.9 Å². The lowest BCUT2D eigenvalue weighted by molar-refractivity contribution is -0.149. The van der Waals surface area contributed by atoms with Gasteiger partial charge in [0.2, 0.25) is 0 Å². The van der Waals surface area contributed by atoms with E-state index in [9.17, 15) is 19.8 Å². The highest BCUT2D eigenvalue weighted by molar-refractivity contribution is 5.90. The predicted molar refractivity (Wildman–Crippen MR) is 80.0 cm³/mol. The van der Waals surface area contributed by atoms with E-state index in [4.69, 9.17) is 9.47 Å². The minimum Gasteiger partial charge on any atom is -0.465 e. The minimum absolute atomic E-state index is 0.0186. The van der Waals surface area contributed by atoms with Crippen LogP contribution in [0.5, 0.6) is 0 Å². The van der Waals surface area contributed by atoms with Gasteiger partial charge in [-0.25, -0.2) is 4.79 Å². The lowest BCUT2D eigenvalue weighted by Gasteiger charge is -2.30. The third kappa shape index (κ3) is 2.50. The van der Waals surface area contributed by atoms with Gasteiger partial charge in [-0.1, -0.05) is 18.7 Å². The average Bonchev–Trinajstić information content (AvgIpc) is 2.84. The molecule has 3 fully saturated rings. The Bertz CT molecular complexity index is 567. The highest BCUT2D eigenvalue weighted by Gasteiger charge is 2.59. The first kappa shape index (κ1) is 16.2. The van der Waals surface area contributed by atoms with Crippen molar-refractivity contribution in [2.24, 2.45) is 23.7 Å². The number of hydrogen-bond donors (Lipinski definition) is 2. The summed E-state index contributed by atoms with van der Waals surface area (Å²) < 4.78 is 10.6. The van der Waals surface area contributed by atoms with E-state index in [0.29, 0.717) is 18.4 Å². The van der Waals surface area contributed by atoms with Crippen LogP contribution in [0.3, 0.4) is 0 Å². The first-order valence-corrected chi connectivity index (χ1v) is 7.90. The summed E-state index contributed by atoms with van der Waals surface area (Å²) in [6.45, 7) is 9.15. The third-order valence-corrected chi connectivity index (χ3v) is 5.52. The molecule has 3 rings (SSSR count). The summed E-state index contributed by atoms with van der Waals surface area (Å²) in [5, 5.41) is 20.9. The van der Waals surface area contributed by atoms with Crippen molar-refractivity contribution >= 4 is 11.9 Å². The molecule has 1 aliphatic heterocycles. The molecule has 0 amide bonds. The number of carbonyl (C=O) groups is 2. The number of ether oxygens (including phenoxy) is 2. The molecule has 2 saturated carbocycles. The Kier molecular flexibility index (Phi) is 4.06. The van der Waals surface area contributed by atoms with Crippen LogP contribution in [0.2, 0.25) is 0 Å². The van der Waals surface area contributed by atoms with Gasteiger partial charge < -0.3 is 19.7 Å². The smallest absolute Gasteiger partial charge is 0.334 e. The van der Waals surface area contributed by atoms with Crippen molar-refractivity contribution in [2.45, 2.75) is 38.1 Å². The fraction of sp³-hybridized carbons (Fsp3) is 0.647. The fourth-order valence-corrected chi connectivity index (χ4v) is 4.40. The maximum atomic E-state index is 11.9. The maximum Gasteiger partial charge on any atom is 0.334 e. The quantitative estimate of drug-likeness (QED) is 0.439. The van der Waals surface area contributed by atoms with E-state index in [0.717, 1.165) is 5.57 Å². The predicted octanol–water partition coefficient (Wildman–Crippen LogP) is 0.581. The van der Waals surface area contributed by atoms with Crippen molar-refractivity contribution in [1.82, 2.24) is 0 Å². The van der Waals surface area contributed by atoms with Crippen molar-refractivity contribution in [2.75, 3.05) is 6.61 Å².